The lowest BCUT2D eigenvalue weighted by atomic mass is 10.1. The third-order valence-corrected chi connectivity index (χ3v) is 5.17. The van der Waals surface area contributed by atoms with Crippen molar-refractivity contribution in [3.8, 4) is 0 Å². The van der Waals surface area contributed by atoms with Crippen molar-refractivity contribution in [3.63, 3.8) is 0 Å². The Morgan fingerprint density at radius 1 is 1.50 bits per heavy atom. The van der Waals surface area contributed by atoms with E-state index in [1.165, 1.54) is 37.9 Å². The van der Waals surface area contributed by atoms with Gasteiger partial charge in [-0.05, 0) is 26.2 Å². The van der Waals surface area contributed by atoms with Crippen LogP contribution in [0.3, 0.4) is 0 Å². The normalized spacial score (nSPS) is 26.0. The zero-order valence-corrected chi connectivity index (χ0v) is 9.42. The largest absolute Gasteiger partial charge is 0.328 e. The Kier molecular flexibility index (Phi) is 5.52. The lowest BCUT2D eigenvalue weighted by molar-refractivity contribution is 0.571. The summed E-state index contributed by atoms with van der Waals surface area (Å²) in [6, 6.07) is 0.399. The number of hydrogen-bond acceptors (Lipinski definition) is 3. The van der Waals surface area contributed by atoms with Gasteiger partial charge in [0.15, 0.2) is 0 Å². The maximum atomic E-state index is 5.68. The highest BCUT2D eigenvalue weighted by atomic mass is 33.1. The molecule has 2 atom stereocenters. The summed E-state index contributed by atoms with van der Waals surface area (Å²) in [6.45, 7) is 2.10. The van der Waals surface area contributed by atoms with Crippen molar-refractivity contribution >= 4 is 21.6 Å². The molecule has 12 heavy (non-hydrogen) atoms. The average molecular weight is 205 g/mol. The molecule has 0 aromatic carbocycles. The molecular formula is C9H19NS2. The maximum Gasteiger partial charge on any atom is 0.0159 e. The van der Waals surface area contributed by atoms with Crippen LogP contribution < -0.4 is 5.73 Å². The van der Waals surface area contributed by atoms with Gasteiger partial charge in [0, 0.05) is 17.0 Å². The molecule has 2 N–H and O–H groups in total. The Bertz CT molecular complexity index is 111. The summed E-state index contributed by atoms with van der Waals surface area (Å²) in [5.41, 5.74) is 5.68. The van der Waals surface area contributed by atoms with Crippen molar-refractivity contribution in [2.75, 3.05) is 5.75 Å². The van der Waals surface area contributed by atoms with E-state index in [1.807, 2.05) is 10.8 Å². The van der Waals surface area contributed by atoms with Crippen molar-refractivity contribution in [1.29, 1.82) is 0 Å². The van der Waals surface area contributed by atoms with E-state index in [2.05, 4.69) is 17.7 Å². The Labute approximate surface area is 83.6 Å². The van der Waals surface area contributed by atoms with Crippen LogP contribution in [0.15, 0.2) is 0 Å². The van der Waals surface area contributed by atoms with Gasteiger partial charge in [-0.25, -0.2) is 0 Å². The molecule has 1 nitrogen and oxygen atoms in total. The van der Waals surface area contributed by atoms with Crippen molar-refractivity contribution in [3.05, 3.63) is 0 Å². The fraction of sp³-hybridized carbons (Fsp3) is 1.00. The first kappa shape index (κ1) is 10.7. The molecule has 72 valence electrons. The van der Waals surface area contributed by atoms with E-state index in [-0.39, 0.29) is 0 Å². The monoisotopic (exact) mass is 205 g/mol. The fourth-order valence-corrected chi connectivity index (χ4v) is 4.43. The fourth-order valence-electron chi connectivity index (χ4n) is 1.40. The van der Waals surface area contributed by atoms with E-state index in [4.69, 9.17) is 5.73 Å². The number of hydrogen-bond donors (Lipinski definition) is 1. The van der Waals surface area contributed by atoms with Crippen LogP contribution in [0, 0.1) is 0 Å². The summed E-state index contributed by atoms with van der Waals surface area (Å²) in [5, 5.41) is 0.947. The maximum absolute atomic E-state index is 5.68. The highest BCUT2D eigenvalue weighted by Gasteiger charge is 2.15. The molecule has 0 saturated carbocycles. The van der Waals surface area contributed by atoms with Crippen molar-refractivity contribution in [1.82, 2.24) is 0 Å². The highest BCUT2D eigenvalue weighted by Crippen LogP contribution is 2.39. The molecule has 1 saturated heterocycles. The molecule has 1 aliphatic heterocycles. The molecule has 1 rings (SSSR count). The first-order chi connectivity index (χ1) is 5.79. The predicted molar refractivity (Wildman–Crippen MR) is 60.6 cm³/mol. The van der Waals surface area contributed by atoms with E-state index < -0.39 is 0 Å². The lowest BCUT2D eigenvalue weighted by Crippen LogP contribution is -2.14. The lowest BCUT2D eigenvalue weighted by Gasteiger charge is -2.07. The second-order valence-electron chi connectivity index (χ2n) is 3.59. The topological polar surface area (TPSA) is 26.0 Å². The van der Waals surface area contributed by atoms with Crippen LogP contribution in [-0.4, -0.2) is 17.0 Å². The van der Waals surface area contributed by atoms with Gasteiger partial charge in [0.1, 0.15) is 0 Å². The smallest absolute Gasteiger partial charge is 0.0159 e. The molecular weight excluding hydrogens is 186 g/mol. The molecule has 0 aliphatic carbocycles. The standard InChI is InChI=1S/C9H19NS2/c1-8(10)4-2-3-5-9-6-7-11-12-9/h8-9H,2-7,10H2,1H3. The Morgan fingerprint density at radius 3 is 2.92 bits per heavy atom. The van der Waals surface area contributed by atoms with E-state index in [0.717, 1.165) is 5.25 Å². The van der Waals surface area contributed by atoms with Gasteiger partial charge in [-0.2, -0.15) is 0 Å². The van der Waals surface area contributed by atoms with Crippen LogP contribution in [-0.2, 0) is 0 Å². The van der Waals surface area contributed by atoms with Crippen LogP contribution in [0.25, 0.3) is 0 Å². The molecule has 1 fully saturated rings. The summed E-state index contributed by atoms with van der Waals surface area (Å²) in [4.78, 5) is 0. The van der Waals surface area contributed by atoms with Gasteiger partial charge < -0.3 is 5.73 Å². The number of nitrogens with two attached hydrogens (primary N) is 1. The predicted octanol–water partition coefficient (Wildman–Crippen LogP) is 3.05. The van der Waals surface area contributed by atoms with Crippen LogP contribution in [0.1, 0.15) is 39.0 Å². The van der Waals surface area contributed by atoms with Crippen molar-refractivity contribution in [2.45, 2.75) is 50.3 Å². The minimum atomic E-state index is 0.399. The van der Waals surface area contributed by atoms with Gasteiger partial charge in [0.2, 0.25) is 0 Å². The van der Waals surface area contributed by atoms with Crippen LogP contribution in [0.2, 0.25) is 0 Å². The molecule has 2 unspecified atom stereocenters. The zero-order chi connectivity index (χ0) is 8.81. The Hall–Kier alpha value is 0.660. The SMILES string of the molecule is CC(N)CCCCC1CCSS1. The minimum Gasteiger partial charge on any atom is -0.328 e. The van der Waals surface area contributed by atoms with E-state index in [0.29, 0.717) is 6.04 Å². The van der Waals surface area contributed by atoms with E-state index in [9.17, 15) is 0 Å². The van der Waals surface area contributed by atoms with Crippen LogP contribution in [0.4, 0.5) is 0 Å². The van der Waals surface area contributed by atoms with E-state index in [1.54, 1.807) is 0 Å². The third kappa shape index (κ3) is 4.63. The van der Waals surface area contributed by atoms with Gasteiger partial charge in [-0.1, -0.05) is 34.4 Å². The minimum absolute atomic E-state index is 0.399. The third-order valence-electron chi connectivity index (χ3n) is 2.16. The summed E-state index contributed by atoms with van der Waals surface area (Å²) < 4.78 is 0. The molecule has 0 bridgehead atoms. The quantitative estimate of drug-likeness (QED) is 0.552. The second-order valence-corrected chi connectivity index (χ2v) is 6.38. The summed E-state index contributed by atoms with van der Waals surface area (Å²) >= 11 is 0. The van der Waals surface area contributed by atoms with Crippen LogP contribution in [0.5, 0.6) is 0 Å². The Morgan fingerprint density at radius 2 is 2.33 bits per heavy atom. The van der Waals surface area contributed by atoms with Gasteiger partial charge in [-0.15, -0.1) is 0 Å². The highest BCUT2D eigenvalue weighted by molar-refractivity contribution is 8.77. The molecule has 1 aliphatic rings. The molecule has 0 amide bonds. The molecule has 0 spiro atoms. The first-order valence-corrected chi connectivity index (χ1v) is 7.21. The van der Waals surface area contributed by atoms with Gasteiger partial charge in [0.05, 0.1) is 0 Å². The molecule has 3 heteroatoms. The van der Waals surface area contributed by atoms with Crippen molar-refractivity contribution in [2.24, 2.45) is 5.73 Å². The zero-order valence-electron chi connectivity index (χ0n) is 7.79. The van der Waals surface area contributed by atoms with Crippen molar-refractivity contribution < 1.29 is 0 Å². The average Bonchev–Trinajstić information content (AvgIpc) is 2.49. The summed E-state index contributed by atoms with van der Waals surface area (Å²) in [7, 11) is 4.13. The van der Waals surface area contributed by atoms with E-state index >= 15 is 0 Å². The molecule has 1 heterocycles. The summed E-state index contributed by atoms with van der Waals surface area (Å²) in [6.07, 6.45) is 6.72. The second kappa shape index (κ2) is 6.17. The van der Waals surface area contributed by atoms with Crippen LogP contribution >= 0.6 is 21.6 Å². The molecule has 0 aromatic rings. The Balaban J connectivity index is 1.88. The number of unbranched alkanes of at least 4 members (excludes halogenated alkanes) is 1. The number of rotatable bonds is 5. The first-order valence-electron chi connectivity index (χ1n) is 4.83. The molecule has 0 radical (unpaired) electrons. The molecule has 0 aromatic heterocycles. The van der Waals surface area contributed by atoms with Gasteiger partial charge in [0.25, 0.3) is 0 Å². The summed E-state index contributed by atoms with van der Waals surface area (Å²) in [5.74, 6) is 1.36. The van der Waals surface area contributed by atoms with Gasteiger partial charge >= 0.3 is 0 Å². The van der Waals surface area contributed by atoms with Gasteiger partial charge in [-0.3, -0.25) is 0 Å².